The van der Waals surface area contributed by atoms with E-state index in [2.05, 4.69) is 30.1 Å². The summed E-state index contributed by atoms with van der Waals surface area (Å²) >= 11 is 4.46. The van der Waals surface area contributed by atoms with Gasteiger partial charge in [-0.2, -0.15) is 21.5 Å². The fourth-order valence-electron chi connectivity index (χ4n) is 7.01. The van der Waals surface area contributed by atoms with E-state index < -0.39 is 5.97 Å². The molecule has 14 nitrogen and oxygen atoms in total. The predicted octanol–water partition coefficient (Wildman–Crippen LogP) is 8.15. The summed E-state index contributed by atoms with van der Waals surface area (Å²) in [6.45, 7) is 4.84. The molecule has 0 bridgehead atoms. The molecule has 0 atom stereocenters. The van der Waals surface area contributed by atoms with Crippen LogP contribution >= 0.6 is 34.0 Å². The molecule has 65 heavy (non-hydrogen) atoms. The Labute approximate surface area is 382 Å². The Hall–Kier alpha value is -7.34. The third-order valence-corrected chi connectivity index (χ3v) is 13.0. The zero-order valence-corrected chi connectivity index (χ0v) is 37.5. The fourth-order valence-corrected chi connectivity index (χ4v) is 9.70. The number of carbonyl (C=O) groups excluding carboxylic acids is 2. The lowest BCUT2D eigenvalue weighted by Gasteiger charge is -2.09. The maximum absolute atomic E-state index is 13.0. The smallest absolute Gasteiger partial charge is 0.312 e. The Bertz CT molecular complexity index is 3470. The second-order valence-corrected chi connectivity index (χ2v) is 18.0. The van der Waals surface area contributed by atoms with Crippen molar-refractivity contribution in [2.75, 3.05) is 0 Å². The first-order valence-corrected chi connectivity index (χ1v) is 23.0. The van der Waals surface area contributed by atoms with E-state index in [4.69, 9.17) is 9.47 Å². The Morgan fingerprint density at radius 1 is 0.585 bits per heavy atom. The number of benzene rings is 4. The number of thiophene rings is 1. The highest BCUT2D eigenvalue weighted by atomic mass is 32.1. The van der Waals surface area contributed by atoms with Gasteiger partial charge in [0.1, 0.15) is 34.4 Å². The predicted molar refractivity (Wildman–Crippen MR) is 252 cm³/mol. The summed E-state index contributed by atoms with van der Waals surface area (Å²) in [6.07, 6.45) is 2.80. The van der Waals surface area contributed by atoms with E-state index in [9.17, 15) is 19.2 Å². The van der Waals surface area contributed by atoms with Crippen LogP contribution in [0.25, 0.3) is 42.2 Å². The maximum atomic E-state index is 13.0. The SMILES string of the molecule is Cc1ccc2sc(Cn3nc(CC(=O)OCc4ccccc4)c4cscc4c3=O)nc2c1.Cc1ccc2sc(Cn3nc(CC(=O)OCc4ccccc4)c4nccnc4c3=O)nc2c1. The fraction of sp³-hybridized carbons (Fsp3) is 0.167. The van der Waals surface area contributed by atoms with Gasteiger partial charge in [-0.1, -0.05) is 72.8 Å². The number of hydrogen-bond acceptors (Lipinski definition) is 15. The molecular weight excluding hydrogens is 881 g/mol. The molecule has 0 saturated heterocycles. The first-order chi connectivity index (χ1) is 31.6. The lowest BCUT2D eigenvalue weighted by molar-refractivity contribution is -0.145. The summed E-state index contributed by atoms with van der Waals surface area (Å²) in [7, 11) is 0. The van der Waals surface area contributed by atoms with Crippen molar-refractivity contribution in [2.24, 2.45) is 0 Å². The highest BCUT2D eigenvalue weighted by Gasteiger charge is 2.19. The van der Waals surface area contributed by atoms with Gasteiger partial charge >= 0.3 is 11.9 Å². The van der Waals surface area contributed by atoms with Gasteiger partial charge in [0.05, 0.1) is 57.4 Å². The van der Waals surface area contributed by atoms with Crippen LogP contribution in [0.5, 0.6) is 0 Å². The maximum Gasteiger partial charge on any atom is 0.312 e. The van der Waals surface area contributed by atoms with Crippen LogP contribution < -0.4 is 11.1 Å². The Morgan fingerprint density at radius 3 is 1.65 bits per heavy atom. The molecule has 0 unspecified atom stereocenters. The van der Waals surface area contributed by atoms with Gasteiger partial charge in [-0.15, -0.1) is 22.7 Å². The van der Waals surface area contributed by atoms with E-state index >= 15 is 0 Å². The highest BCUT2D eigenvalue weighted by Crippen LogP contribution is 2.26. The van der Waals surface area contributed by atoms with Gasteiger partial charge in [-0.25, -0.2) is 24.3 Å². The molecule has 4 aromatic carbocycles. The number of nitrogens with zero attached hydrogens (tertiary/aromatic N) is 8. The normalized spacial score (nSPS) is 11.2. The standard InChI is InChI=1S/C24H19N5O3S.C24H19N3O3S2/c1-15-7-8-19-17(11-15)27-20(33-19)13-29-24(31)23-22(25-9-10-26-23)18(28-29)12-21(30)32-14-16-5-3-2-4-6-16;1-15-7-8-21-20(9-15)25-22(32-21)11-27-24(29)18-14-31-13-17(18)19(26-27)10-23(28)30-12-16-5-3-2-4-6-16/h2-11H,12-14H2,1H3;2-9,13-14H,10-12H2,1H3. The van der Waals surface area contributed by atoms with Gasteiger partial charge < -0.3 is 9.47 Å². The van der Waals surface area contributed by atoms with Gasteiger partial charge in [0.15, 0.2) is 5.52 Å². The minimum absolute atomic E-state index is 0.000609. The summed E-state index contributed by atoms with van der Waals surface area (Å²) in [6, 6.07) is 31.1. The Balaban J connectivity index is 0.000000164. The van der Waals surface area contributed by atoms with Crippen molar-refractivity contribution in [1.82, 2.24) is 39.5 Å². The molecule has 0 amide bonds. The summed E-state index contributed by atoms with van der Waals surface area (Å²) in [4.78, 5) is 68.7. The topological polar surface area (TPSA) is 174 Å². The zero-order chi connectivity index (χ0) is 44.9. The van der Waals surface area contributed by atoms with E-state index in [1.54, 1.807) is 16.7 Å². The van der Waals surface area contributed by atoms with Crippen LogP contribution in [-0.4, -0.2) is 51.4 Å². The molecule has 0 aliphatic rings. The summed E-state index contributed by atoms with van der Waals surface area (Å²) in [5.74, 6) is -0.839. The third kappa shape index (κ3) is 10.1. The molecule has 0 spiro atoms. The largest absolute Gasteiger partial charge is 0.461 e. The lowest BCUT2D eigenvalue weighted by Crippen LogP contribution is -2.27. The van der Waals surface area contributed by atoms with Crippen LogP contribution in [0.15, 0.2) is 130 Å². The number of carbonyl (C=O) groups is 2. The monoisotopic (exact) mass is 918 g/mol. The molecule has 6 heterocycles. The van der Waals surface area contributed by atoms with Crippen LogP contribution in [0.2, 0.25) is 0 Å². The van der Waals surface area contributed by atoms with Crippen LogP contribution in [-0.2, 0) is 58.2 Å². The van der Waals surface area contributed by atoms with Gasteiger partial charge in [-0.3, -0.25) is 24.2 Å². The quantitative estimate of drug-likeness (QED) is 0.108. The molecule has 0 N–H and O–H groups in total. The van der Waals surface area contributed by atoms with Crippen LogP contribution in [0.4, 0.5) is 0 Å². The molecule has 0 aliphatic carbocycles. The highest BCUT2D eigenvalue weighted by molar-refractivity contribution is 7.18. The molecule has 10 rings (SSSR count). The number of thiazole rings is 2. The number of esters is 2. The van der Waals surface area contributed by atoms with Crippen molar-refractivity contribution in [3.05, 3.63) is 185 Å². The van der Waals surface area contributed by atoms with Crippen molar-refractivity contribution < 1.29 is 19.1 Å². The van der Waals surface area contributed by atoms with E-state index in [1.165, 1.54) is 44.4 Å². The summed E-state index contributed by atoms with van der Waals surface area (Å²) in [5.41, 5.74) is 6.65. The average molecular weight is 919 g/mol. The zero-order valence-electron chi connectivity index (χ0n) is 35.0. The Morgan fingerprint density at radius 2 is 1.08 bits per heavy atom. The van der Waals surface area contributed by atoms with Crippen molar-refractivity contribution in [3.8, 4) is 0 Å². The van der Waals surface area contributed by atoms with Gasteiger partial charge in [-0.05, 0) is 60.4 Å². The first-order valence-electron chi connectivity index (χ1n) is 20.4. The average Bonchev–Trinajstić information content (AvgIpc) is 4.08. The van der Waals surface area contributed by atoms with Crippen molar-refractivity contribution in [1.29, 1.82) is 0 Å². The van der Waals surface area contributed by atoms with E-state index in [1.807, 2.05) is 116 Å². The second kappa shape index (κ2) is 19.2. The van der Waals surface area contributed by atoms with E-state index in [0.717, 1.165) is 52.7 Å². The molecule has 0 saturated carbocycles. The number of ether oxygens (including phenoxy) is 2. The second-order valence-electron chi connectivity index (χ2n) is 15.1. The molecule has 0 radical (unpaired) electrons. The molecule has 324 valence electrons. The van der Waals surface area contributed by atoms with Gasteiger partial charge in [0, 0.05) is 28.5 Å². The van der Waals surface area contributed by atoms with Crippen molar-refractivity contribution >= 4 is 88.2 Å². The number of aryl methyl sites for hydroxylation is 2. The Kier molecular flexibility index (Phi) is 12.7. The van der Waals surface area contributed by atoms with Crippen LogP contribution in [0, 0.1) is 13.8 Å². The minimum Gasteiger partial charge on any atom is -0.461 e. The molecule has 6 aromatic heterocycles. The molecule has 0 fully saturated rings. The molecule has 10 aromatic rings. The third-order valence-electron chi connectivity index (χ3n) is 10.2. The van der Waals surface area contributed by atoms with Gasteiger partial charge in [0.2, 0.25) is 0 Å². The van der Waals surface area contributed by atoms with E-state index in [0.29, 0.717) is 27.7 Å². The molecule has 0 aliphatic heterocycles. The molecule has 17 heteroatoms. The van der Waals surface area contributed by atoms with Gasteiger partial charge in [0.25, 0.3) is 11.1 Å². The summed E-state index contributed by atoms with van der Waals surface area (Å²) < 4.78 is 15.6. The lowest BCUT2D eigenvalue weighted by atomic mass is 10.2. The number of rotatable bonds is 12. The van der Waals surface area contributed by atoms with Crippen LogP contribution in [0.1, 0.15) is 43.7 Å². The summed E-state index contributed by atoms with van der Waals surface area (Å²) in [5, 5.41) is 15.4. The minimum atomic E-state index is -0.459. The number of fused-ring (bicyclic) bond motifs is 4. The molecular formula is C48H38N8O6S3. The first kappa shape index (κ1) is 42.9. The van der Waals surface area contributed by atoms with Crippen molar-refractivity contribution in [3.63, 3.8) is 0 Å². The van der Waals surface area contributed by atoms with Crippen LogP contribution in [0.3, 0.4) is 0 Å². The number of aromatic nitrogens is 8. The number of hydrogen-bond donors (Lipinski definition) is 0. The van der Waals surface area contributed by atoms with E-state index in [-0.39, 0.29) is 61.7 Å². The van der Waals surface area contributed by atoms with Crippen molar-refractivity contribution in [2.45, 2.75) is 53.0 Å².